The number of rotatable bonds is 4. The van der Waals surface area contributed by atoms with Gasteiger partial charge in [0.25, 0.3) is 5.91 Å². The van der Waals surface area contributed by atoms with Gasteiger partial charge in [-0.2, -0.15) is 5.10 Å². The number of aromatic nitrogens is 5. The minimum absolute atomic E-state index is 0.0495. The molecule has 1 amide bonds. The Hall–Kier alpha value is -2.96. The van der Waals surface area contributed by atoms with Gasteiger partial charge in [0.1, 0.15) is 11.6 Å². The van der Waals surface area contributed by atoms with E-state index in [0.29, 0.717) is 5.56 Å². The molecule has 0 saturated carbocycles. The molecule has 1 aromatic carbocycles. The maximum absolute atomic E-state index is 12.5. The maximum atomic E-state index is 12.5. The Kier molecular flexibility index (Phi) is 4.05. The molecule has 2 aromatic heterocycles. The number of nitrogens with zero attached hydrogens (tertiary/aromatic N) is 5. The Morgan fingerprint density at radius 3 is 2.84 bits per heavy atom. The monoisotopic (exact) mass is 336 g/mol. The molecule has 3 heterocycles. The first-order valence-corrected chi connectivity index (χ1v) is 8.56. The largest absolute Gasteiger partial charge is 0.347 e. The number of fused-ring (bicyclic) bond motifs is 1. The molecule has 7 heteroatoms. The molecule has 0 fully saturated rings. The number of carbonyl (C=O) groups excluding carboxylic acids is 1. The smallest absolute Gasteiger partial charge is 0.251 e. The number of carbonyl (C=O) groups is 1. The molecule has 7 nitrogen and oxygen atoms in total. The van der Waals surface area contributed by atoms with Crippen LogP contribution in [-0.4, -0.2) is 36.5 Å². The van der Waals surface area contributed by atoms with Crippen molar-refractivity contribution in [2.75, 3.05) is 0 Å². The van der Waals surface area contributed by atoms with Crippen LogP contribution < -0.4 is 5.32 Å². The molecular weight excluding hydrogens is 316 g/mol. The molecule has 0 spiro atoms. The number of hydrogen-bond acceptors (Lipinski definition) is 4. The Balaban J connectivity index is 1.44. The summed E-state index contributed by atoms with van der Waals surface area (Å²) >= 11 is 0. The van der Waals surface area contributed by atoms with Crippen LogP contribution in [0, 0.1) is 0 Å². The molecule has 128 valence electrons. The van der Waals surface area contributed by atoms with Crippen LogP contribution in [0.1, 0.15) is 35.4 Å². The number of amides is 1. The summed E-state index contributed by atoms with van der Waals surface area (Å²) in [5.74, 6) is 1.95. The topological polar surface area (TPSA) is 77.6 Å². The van der Waals surface area contributed by atoms with Gasteiger partial charge in [0.05, 0.1) is 5.69 Å². The molecule has 1 atom stereocenters. The van der Waals surface area contributed by atoms with Crippen LogP contribution in [0.5, 0.6) is 0 Å². The summed E-state index contributed by atoms with van der Waals surface area (Å²) in [4.78, 5) is 12.5. The van der Waals surface area contributed by atoms with Crippen LogP contribution in [0.2, 0.25) is 0 Å². The van der Waals surface area contributed by atoms with Crippen LogP contribution in [0.3, 0.4) is 0 Å². The SMILES string of the molecule is CCc1nnc2n1CC(NC(=O)c1ccc(-n3cccn3)cc1)CC2. The third-order valence-corrected chi connectivity index (χ3v) is 4.57. The van der Waals surface area contributed by atoms with Gasteiger partial charge in [0.15, 0.2) is 0 Å². The second-order valence-corrected chi connectivity index (χ2v) is 6.20. The highest BCUT2D eigenvalue weighted by atomic mass is 16.1. The third-order valence-electron chi connectivity index (χ3n) is 4.57. The predicted molar refractivity (Wildman–Crippen MR) is 92.5 cm³/mol. The van der Waals surface area contributed by atoms with Gasteiger partial charge in [0.2, 0.25) is 0 Å². The van der Waals surface area contributed by atoms with Crippen molar-refractivity contribution in [2.45, 2.75) is 38.8 Å². The summed E-state index contributed by atoms with van der Waals surface area (Å²) in [6.45, 7) is 2.81. The molecule has 4 rings (SSSR count). The van der Waals surface area contributed by atoms with Gasteiger partial charge in [0, 0.05) is 43.4 Å². The molecule has 1 unspecified atom stereocenters. The Labute approximate surface area is 145 Å². The fourth-order valence-electron chi connectivity index (χ4n) is 3.22. The minimum Gasteiger partial charge on any atom is -0.347 e. The highest BCUT2D eigenvalue weighted by Gasteiger charge is 2.23. The summed E-state index contributed by atoms with van der Waals surface area (Å²) < 4.78 is 3.90. The average molecular weight is 336 g/mol. The van der Waals surface area contributed by atoms with Crippen molar-refractivity contribution in [1.29, 1.82) is 0 Å². The predicted octanol–water partition coefficient (Wildman–Crippen LogP) is 1.77. The van der Waals surface area contributed by atoms with Crippen molar-refractivity contribution < 1.29 is 4.79 Å². The first kappa shape index (κ1) is 15.6. The van der Waals surface area contributed by atoms with Crippen LogP contribution >= 0.6 is 0 Å². The fourth-order valence-corrected chi connectivity index (χ4v) is 3.22. The van der Waals surface area contributed by atoms with Gasteiger partial charge in [-0.1, -0.05) is 6.92 Å². The van der Waals surface area contributed by atoms with E-state index in [1.165, 1.54) is 0 Å². The number of aryl methyl sites for hydroxylation is 2. The highest BCUT2D eigenvalue weighted by Crippen LogP contribution is 2.16. The average Bonchev–Trinajstić information content (AvgIpc) is 3.31. The Bertz CT molecular complexity index is 852. The van der Waals surface area contributed by atoms with E-state index in [4.69, 9.17) is 0 Å². The zero-order valence-corrected chi connectivity index (χ0v) is 14.1. The Morgan fingerprint density at radius 1 is 1.28 bits per heavy atom. The van der Waals surface area contributed by atoms with Crippen molar-refractivity contribution in [3.63, 3.8) is 0 Å². The molecular formula is C18H20N6O. The molecule has 0 aliphatic carbocycles. The third kappa shape index (κ3) is 3.05. The van der Waals surface area contributed by atoms with Crippen LogP contribution in [0.15, 0.2) is 42.7 Å². The molecule has 0 bridgehead atoms. The second kappa shape index (κ2) is 6.51. The van der Waals surface area contributed by atoms with E-state index in [1.807, 2.05) is 36.5 Å². The lowest BCUT2D eigenvalue weighted by molar-refractivity contribution is 0.0927. The molecule has 25 heavy (non-hydrogen) atoms. The van der Waals surface area contributed by atoms with Crippen LogP contribution in [0.25, 0.3) is 5.69 Å². The summed E-state index contributed by atoms with van der Waals surface area (Å²) in [6.07, 6.45) is 6.18. The zero-order valence-electron chi connectivity index (χ0n) is 14.1. The zero-order chi connectivity index (χ0) is 17.2. The first-order chi connectivity index (χ1) is 12.2. The lowest BCUT2D eigenvalue weighted by atomic mass is 10.1. The first-order valence-electron chi connectivity index (χ1n) is 8.56. The molecule has 3 aromatic rings. The summed E-state index contributed by atoms with van der Waals surface area (Å²) in [6, 6.07) is 9.43. The second-order valence-electron chi connectivity index (χ2n) is 6.20. The van der Waals surface area contributed by atoms with E-state index >= 15 is 0 Å². The van der Waals surface area contributed by atoms with E-state index in [0.717, 1.165) is 43.1 Å². The summed E-state index contributed by atoms with van der Waals surface area (Å²) in [5, 5.41) is 15.8. The lowest BCUT2D eigenvalue weighted by Crippen LogP contribution is -2.41. The molecule has 0 saturated heterocycles. The van der Waals surface area contributed by atoms with Gasteiger partial charge < -0.3 is 9.88 Å². The van der Waals surface area contributed by atoms with Crippen LogP contribution in [-0.2, 0) is 19.4 Å². The standard InChI is InChI=1S/C18H20N6O/c1-2-16-21-22-17-9-6-14(12-23(16)17)20-18(25)13-4-7-15(8-5-13)24-11-3-10-19-24/h3-5,7-8,10-11,14H,2,6,9,12H2,1H3,(H,20,25). The van der Waals surface area contributed by atoms with E-state index in [-0.39, 0.29) is 11.9 Å². The van der Waals surface area contributed by atoms with Crippen molar-refractivity contribution in [3.05, 3.63) is 59.9 Å². The van der Waals surface area contributed by atoms with Gasteiger partial charge in [-0.3, -0.25) is 4.79 Å². The molecule has 0 radical (unpaired) electrons. The van der Waals surface area contributed by atoms with Gasteiger partial charge >= 0.3 is 0 Å². The molecule has 1 aliphatic heterocycles. The van der Waals surface area contributed by atoms with E-state index in [2.05, 4.69) is 32.1 Å². The maximum Gasteiger partial charge on any atom is 0.251 e. The lowest BCUT2D eigenvalue weighted by Gasteiger charge is -2.25. The highest BCUT2D eigenvalue weighted by molar-refractivity contribution is 5.94. The number of hydrogen-bond donors (Lipinski definition) is 1. The van der Waals surface area contributed by atoms with E-state index in [1.54, 1.807) is 10.9 Å². The Morgan fingerprint density at radius 2 is 2.12 bits per heavy atom. The van der Waals surface area contributed by atoms with Crippen molar-refractivity contribution in [3.8, 4) is 5.69 Å². The number of nitrogens with one attached hydrogen (secondary N) is 1. The van der Waals surface area contributed by atoms with E-state index < -0.39 is 0 Å². The summed E-state index contributed by atoms with van der Waals surface area (Å²) in [7, 11) is 0. The fraction of sp³-hybridized carbons (Fsp3) is 0.333. The van der Waals surface area contributed by atoms with Crippen molar-refractivity contribution >= 4 is 5.91 Å². The number of benzene rings is 1. The van der Waals surface area contributed by atoms with Gasteiger partial charge in [-0.05, 0) is 36.8 Å². The van der Waals surface area contributed by atoms with Crippen molar-refractivity contribution in [1.82, 2.24) is 29.9 Å². The van der Waals surface area contributed by atoms with Gasteiger partial charge in [-0.25, -0.2) is 4.68 Å². The van der Waals surface area contributed by atoms with Crippen molar-refractivity contribution in [2.24, 2.45) is 0 Å². The van der Waals surface area contributed by atoms with Crippen LogP contribution in [0.4, 0.5) is 0 Å². The molecule has 1 aliphatic rings. The normalized spacial score (nSPS) is 16.4. The van der Waals surface area contributed by atoms with E-state index in [9.17, 15) is 4.79 Å². The summed E-state index contributed by atoms with van der Waals surface area (Å²) in [5.41, 5.74) is 1.59. The molecule has 1 N–H and O–H groups in total. The quantitative estimate of drug-likeness (QED) is 0.788. The van der Waals surface area contributed by atoms with Gasteiger partial charge in [-0.15, -0.1) is 10.2 Å². The minimum atomic E-state index is -0.0495.